The highest BCUT2D eigenvalue weighted by molar-refractivity contribution is 6.17. The highest BCUT2D eigenvalue weighted by Crippen LogP contribution is 2.28. The van der Waals surface area contributed by atoms with Gasteiger partial charge >= 0.3 is 0 Å². The Morgan fingerprint density at radius 2 is 2.21 bits per heavy atom. The second kappa shape index (κ2) is 4.06. The standard InChI is InChI=1S/C8H6ClNO4/c9-3-5-1-7(10(13)14)2-6(4-11)8(5)12/h1-2,4,12H,3H2. The molecule has 1 aromatic carbocycles. The molecule has 5 nitrogen and oxygen atoms in total. The molecule has 0 aromatic heterocycles. The Morgan fingerprint density at radius 1 is 1.57 bits per heavy atom. The SMILES string of the molecule is O=Cc1cc([N+](=O)[O-])cc(CCl)c1O. The van der Waals surface area contributed by atoms with Gasteiger partial charge in [-0.1, -0.05) is 0 Å². The van der Waals surface area contributed by atoms with Crippen molar-refractivity contribution in [2.45, 2.75) is 5.88 Å². The van der Waals surface area contributed by atoms with E-state index in [9.17, 15) is 20.0 Å². The number of aromatic hydroxyl groups is 1. The third-order valence-electron chi connectivity index (χ3n) is 1.68. The molecule has 6 heteroatoms. The van der Waals surface area contributed by atoms with Gasteiger partial charge in [0.05, 0.1) is 16.4 Å². The lowest BCUT2D eigenvalue weighted by molar-refractivity contribution is -0.384. The van der Waals surface area contributed by atoms with Crippen LogP contribution in [0.2, 0.25) is 0 Å². The quantitative estimate of drug-likeness (QED) is 0.361. The molecule has 0 aliphatic carbocycles. The fourth-order valence-corrected chi connectivity index (χ4v) is 1.20. The van der Waals surface area contributed by atoms with Crippen LogP contribution in [0.5, 0.6) is 5.75 Å². The van der Waals surface area contributed by atoms with Crippen molar-refractivity contribution in [3.8, 4) is 5.75 Å². The van der Waals surface area contributed by atoms with E-state index in [2.05, 4.69) is 0 Å². The molecular formula is C8H6ClNO4. The molecule has 0 bridgehead atoms. The first-order valence-electron chi connectivity index (χ1n) is 3.61. The zero-order valence-electron chi connectivity index (χ0n) is 6.94. The van der Waals surface area contributed by atoms with Gasteiger partial charge in [-0.2, -0.15) is 0 Å². The van der Waals surface area contributed by atoms with Crippen molar-refractivity contribution < 1.29 is 14.8 Å². The van der Waals surface area contributed by atoms with Crippen molar-refractivity contribution in [3.63, 3.8) is 0 Å². The summed E-state index contributed by atoms with van der Waals surface area (Å²) in [5, 5.41) is 19.8. The fourth-order valence-electron chi connectivity index (χ4n) is 0.999. The number of nitro benzene ring substituents is 1. The predicted molar refractivity (Wildman–Crippen MR) is 49.7 cm³/mol. The Labute approximate surface area is 84.1 Å². The summed E-state index contributed by atoms with van der Waals surface area (Å²) in [4.78, 5) is 20.2. The third kappa shape index (κ3) is 1.82. The van der Waals surface area contributed by atoms with Crippen LogP contribution in [-0.4, -0.2) is 16.3 Å². The van der Waals surface area contributed by atoms with Gasteiger partial charge in [-0.25, -0.2) is 0 Å². The van der Waals surface area contributed by atoms with Crippen LogP contribution < -0.4 is 0 Å². The van der Waals surface area contributed by atoms with Gasteiger partial charge in [0.25, 0.3) is 5.69 Å². The molecule has 1 aromatic rings. The average molecular weight is 216 g/mol. The maximum absolute atomic E-state index is 10.4. The summed E-state index contributed by atoms with van der Waals surface area (Å²) in [6.45, 7) is 0. The first-order valence-corrected chi connectivity index (χ1v) is 4.15. The number of non-ortho nitro benzene ring substituents is 1. The average Bonchev–Trinajstić information content (AvgIpc) is 2.17. The molecule has 0 saturated carbocycles. The van der Waals surface area contributed by atoms with Crippen LogP contribution >= 0.6 is 11.6 Å². The van der Waals surface area contributed by atoms with Crippen LogP contribution in [0.1, 0.15) is 15.9 Å². The van der Waals surface area contributed by atoms with E-state index in [1.54, 1.807) is 0 Å². The predicted octanol–water partition coefficient (Wildman–Crippen LogP) is 1.85. The number of benzene rings is 1. The minimum atomic E-state index is -0.650. The Morgan fingerprint density at radius 3 is 2.64 bits per heavy atom. The molecule has 1 rings (SSSR count). The lowest BCUT2D eigenvalue weighted by Gasteiger charge is -2.02. The summed E-state index contributed by atoms with van der Waals surface area (Å²) >= 11 is 5.44. The number of alkyl halides is 1. The molecule has 0 atom stereocenters. The van der Waals surface area contributed by atoms with Gasteiger partial charge in [0.15, 0.2) is 6.29 Å². The first kappa shape index (κ1) is 10.5. The van der Waals surface area contributed by atoms with Crippen molar-refractivity contribution in [2.24, 2.45) is 0 Å². The van der Waals surface area contributed by atoms with E-state index >= 15 is 0 Å². The van der Waals surface area contributed by atoms with Crippen LogP contribution in [0, 0.1) is 10.1 Å². The van der Waals surface area contributed by atoms with Crippen molar-refractivity contribution >= 4 is 23.6 Å². The molecule has 0 heterocycles. The topological polar surface area (TPSA) is 80.4 Å². The third-order valence-corrected chi connectivity index (χ3v) is 1.97. The molecule has 0 amide bonds. The van der Waals surface area contributed by atoms with Gasteiger partial charge in [0.2, 0.25) is 0 Å². The zero-order valence-corrected chi connectivity index (χ0v) is 7.69. The molecule has 0 unspecified atom stereocenters. The Kier molecular flexibility index (Phi) is 3.03. The number of carbonyl (C=O) groups is 1. The van der Waals surface area contributed by atoms with Crippen LogP contribution in [0.15, 0.2) is 12.1 Å². The van der Waals surface area contributed by atoms with E-state index in [1.807, 2.05) is 0 Å². The van der Waals surface area contributed by atoms with Gasteiger partial charge in [-0.05, 0) is 0 Å². The number of aldehydes is 1. The maximum Gasteiger partial charge on any atom is 0.270 e. The van der Waals surface area contributed by atoms with E-state index in [1.165, 1.54) is 0 Å². The summed E-state index contributed by atoms with van der Waals surface area (Å²) < 4.78 is 0. The number of hydrogen-bond acceptors (Lipinski definition) is 4. The fraction of sp³-hybridized carbons (Fsp3) is 0.125. The van der Waals surface area contributed by atoms with E-state index < -0.39 is 4.92 Å². The van der Waals surface area contributed by atoms with E-state index in [-0.39, 0.29) is 28.4 Å². The first-order chi connectivity index (χ1) is 6.60. The van der Waals surface area contributed by atoms with Crippen LogP contribution in [0.4, 0.5) is 5.69 Å². The largest absolute Gasteiger partial charge is 0.507 e. The molecule has 0 aliphatic heterocycles. The smallest absolute Gasteiger partial charge is 0.270 e. The van der Waals surface area contributed by atoms with Gasteiger partial charge in [-0.15, -0.1) is 11.6 Å². The Bertz CT molecular complexity index is 391. The molecule has 0 aliphatic rings. The second-order valence-corrected chi connectivity index (χ2v) is 2.82. The molecule has 0 saturated heterocycles. The number of rotatable bonds is 3. The molecule has 0 fully saturated rings. The molecule has 0 spiro atoms. The Hall–Kier alpha value is -1.62. The van der Waals surface area contributed by atoms with Gasteiger partial charge in [0, 0.05) is 17.7 Å². The lowest BCUT2D eigenvalue weighted by atomic mass is 10.1. The van der Waals surface area contributed by atoms with Gasteiger partial charge < -0.3 is 5.11 Å². The minimum absolute atomic E-state index is 0.0889. The molecule has 14 heavy (non-hydrogen) atoms. The van der Waals surface area contributed by atoms with Crippen LogP contribution in [0.25, 0.3) is 0 Å². The monoisotopic (exact) mass is 215 g/mol. The number of phenolic OH excluding ortho intramolecular Hbond substituents is 1. The number of phenols is 1. The van der Waals surface area contributed by atoms with E-state index in [0.29, 0.717) is 6.29 Å². The summed E-state index contributed by atoms with van der Waals surface area (Å²) in [6.07, 6.45) is 0.346. The van der Waals surface area contributed by atoms with Crippen molar-refractivity contribution in [3.05, 3.63) is 33.4 Å². The summed E-state index contributed by atoms with van der Waals surface area (Å²) in [7, 11) is 0. The highest BCUT2D eigenvalue weighted by Gasteiger charge is 2.14. The van der Waals surface area contributed by atoms with Crippen LogP contribution in [-0.2, 0) is 5.88 Å². The second-order valence-electron chi connectivity index (χ2n) is 2.55. The highest BCUT2D eigenvalue weighted by atomic mass is 35.5. The van der Waals surface area contributed by atoms with Crippen LogP contribution in [0.3, 0.4) is 0 Å². The van der Waals surface area contributed by atoms with Crippen molar-refractivity contribution in [1.29, 1.82) is 0 Å². The number of nitro groups is 1. The number of nitrogens with zero attached hydrogens (tertiary/aromatic N) is 1. The normalized spacial score (nSPS) is 9.79. The summed E-state index contributed by atoms with van der Waals surface area (Å²) in [5.41, 5.74) is -0.224. The van der Waals surface area contributed by atoms with Gasteiger partial charge in [0.1, 0.15) is 5.75 Å². The molecule has 1 N–H and O–H groups in total. The van der Waals surface area contributed by atoms with Crippen molar-refractivity contribution in [2.75, 3.05) is 0 Å². The Balaban J connectivity index is 3.39. The minimum Gasteiger partial charge on any atom is -0.507 e. The summed E-state index contributed by atoms with van der Waals surface area (Å²) in [6, 6.07) is 2.13. The van der Waals surface area contributed by atoms with Crippen molar-refractivity contribution in [1.82, 2.24) is 0 Å². The number of halogens is 1. The number of hydrogen-bond donors (Lipinski definition) is 1. The summed E-state index contributed by atoms with van der Waals surface area (Å²) in [5.74, 6) is -0.394. The lowest BCUT2D eigenvalue weighted by Crippen LogP contribution is -1.94. The number of carbonyl (C=O) groups excluding carboxylic acids is 1. The van der Waals surface area contributed by atoms with E-state index in [0.717, 1.165) is 12.1 Å². The molecular weight excluding hydrogens is 210 g/mol. The molecule has 74 valence electrons. The maximum atomic E-state index is 10.4. The zero-order chi connectivity index (χ0) is 10.7. The van der Waals surface area contributed by atoms with E-state index in [4.69, 9.17) is 11.6 Å². The van der Waals surface area contributed by atoms with Gasteiger partial charge in [-0.3, -0.25) is 14.9 Å². The molecule has 0 radical (unpaired) electrons.